The Labute approximate surface area is 88.3 Å². The summed E-state index contributed by atoms with van der Waals surface area (Å²) in [5.41, 5.74) is 0. The molecule has 1 heterocycles. The van der Waals surface area contributed by atoms with Crippen LogP contribution < -0.4 is 5.32 Å². The van der Waals surface area contributed by atoms with Gasteiger partial charge in [0, 0.05) is 12.4 Å². The molecular weight excluding hydrogens is 206 g/mol. The minimum atomic E-state index is -0.310. The molecule has 0 bridgehead atoms. The molecule has 1 aromatic heterocycles. The lowest BCUT2D eigenvalue weighted by Crippen LogP contribution is -2.17. The van der Waals surface area contributed by atoms with Gasteiger partial charge in [-0.2, -0.15) is 0 Å². The van der Waals surface area contributed by atoms with Crippen LogP contribution in [0.3, 0.4) is 0 Å². The van der Waals surface area contributed by atoms with Gasteiger partial charge in [-0.1, -0.05) is 0 Å². The van der Waals surface area contributed by atoms with Crippen molar-refractivity contribution in [3.8, 4) is 0 Å². The molecule has 0 radical (unpaired) electrons. The Kier molecular flexibility index (Phi) is 6.39. The van der Waals surface area contributed by atoms with Gasteiger partial charge in [-0.05, 0) is 13.0 Å². The van der Waals surface area contributed by atoms with Crippen molar-refractivity contribution >= 4 is 24.3 Å². The number of nitrogens with zero attached hydrogens (tertiary/aromatic N) is 2. The molecule has 0 saturated heterocycles. The summed E-state index contributed by atoms with van der Waals surface area (Å²) in [4.78, 5) is 18.6. The SMILES string of the molecule is CCOC(=O)CNc1ncccn1.Cl. The number of nitrogens with one attached hydrogen (secondary N) is 1. The molecule has 14 heavy (non-hydrogen) atoms. The van der Waals surface area contributed by atoms with Crippen LogP contribution in [0, 0.1) is 0 Å². The maximum Gasteiger partial charge on any atom is 0.325 e. The van der Waals surface area contributed by atoms with E-state index in [9.17, 15) is 4.79 Å². The molecule has 0 saturated carbocycles. The van der Waals surface area contributed by atoms with E-state index in [-0.39, 0.29) is 24.9 Å². The van der Waals surface area contributed by atoms with Crippen molar-refractivity contribution in [2.75, 3.05) is 18.5 Å². The Hall–Kier alpha value is -1.36. The molecule has 0 aliphatic heterocycles. The quantitative estimate of drug-likeness (QED) is 0.759. The summed E-state index contributed by atoms with van der Waals surface area (Å²) in [6.45, 7) is 2.24. The third-order valence-electron chi connectivity index (χ3n) is 1.26. The number of rotatable bonds is 4. The van der Waals surface area contributed by atoms with Crippen molar-refractivity contribution in [3.05, 3.63) is 18.5 Å². The number of ether oxygens (including phenoxy) is 1. The normalized spacial score (nSPS) is 8.64. The van der Waals surface area contributed by atoms with Gasteiger partial charge in [0.15, 0.2) is 0 Å². The van der Waals surface area contributed by atoms with E-state index in [1.165, 1.54) is 0 Å². The highest BCUT2D eigenvalue weighted by Crippen LogP contribution is 1.92. The molecule has 1 N–H and O–H groups in total. The Bertz CT molecular complexity index is 269. The van der Waals surface area contributed by atoms with Gasteiger partial charge in [0.2, 0.25) is 5.95 Å². The van der Waals surface area contributed by atoms with E-state index in [1.54, 1.807) is 25.4 Å². The zero-order valence-electron chi connectivity index (χ0n) is 7.77. The van der Waals surface area contributed by atoms with E-state index >= 15 is 0 Å². The van der Waals surface area contributed by atoms with Gasteiger partial charge in [0.1, 0.15) is 6.54 Å². The van der Waals surface area contributed by atoms with Crippen molar-refractivity contribution in [1.29, 1.82) is 0 Å². The van der Waals surface area contributed by atoms with E-state index in [0.29, 0.717) is 12.6 Å². The second kappa shape index (κ2) is 7.08. The van der Waals surface area contributed by atoms with Crippen LogP contribution in [0.2, 0.25) is 0 Å². The average molecular weight is 218 g/mol. The largest absolute Gasteiger partial charge is 0.465 e. The van der Waals surface area contributed by atoms with Crippen LogP contribution in [-0.2, 0) is 9.53 Å². The van der Waals surface area contributed by atoms with E-state index in [0.717, 1.165) is 0 Å². The summed E-state index contributed by atoms with van der Waals surface area (Å²) < 4.78 is 4.71. The molecule has 0 spiro atoms. The fourth-order valence-corrected chi connectivity index (χ4v) is 0.754. The van der Waals surface area contributed by atoms with Crippen molar-refractivity contribution in [1.82, 2.24) is 9.97 Å². The molecule has 0 amide bonds. The second-order valence-corrected chi connectivity index (χ2v) is 2.23. The smallest absolute Gasteiger partial charge is 0.325 e. The van der Waals surface area contributed by atoms with Gasteiger partial charge < -0.3 is 10.1 Å². The molecule has 0 aliphatic rings. The van der Waals surface area contributed by atoms with Crippen LogP contribution in [0.1, 0.15) is 6.92 Å². The van der Waals surface area contributed by atoms with E-state index in [4.69, 9.17) is 4.74 Å². The monoisotopic (exact) mass is 217 g/mol. The lowest BCUT2D eigenvalue weighted by atomic mass is 10.6. The van der Waals surface area contributed by atoms with Crippen LogP contribution in [0.4, 0.5) is 5.95 Å². The molecule has 1 aromatic rings. The lowest BCUT2D eigenvalue weighted by Gasteiger charge is -2.02. The number of hydrogen-bond acceptors (Lipinski definition) is 5. The minimum absolute atomic E-state index is 0. The van der Waals surface area contributed by atoms with Crippen LogP contribution in [0.5, 0.6) is 0 Å². The molecule has 6 heteroatoms. The van der Waals surface area contributed by atoms with Crippen LogP contribution >= 0.6 is 12.4 Å². The molecule has 0 unspecified atom stereocenters. The van der Waals surface area contributed by atoms with Crippen LogP contribution in [0.25, 0.3) is 0 Å². The van der Waals surface area contributed by atoms with Gasteiger partial charge in [-0.15, -0.1) is 12.4 Å². The number of hydrogen-bond donors (Lipinski definition) is 1. The number of aromatic nitrogens is 2. The summed E-state index contributed by atoms with van der Waals surface area (Å²) in [5, 5.41) is 2.73. The Morgan fingerprint density at radius 3 is 2.71 bits per heavy atom. The highest BCUT2D eigenvalue weighted by atomic mass is 35.5. The predicted octanol–water partition coefficient (Wildman–Crippen LogP) is 0.873. The minimum Gasteiger partial charge on any atom is -0.465 e. The fourth-order valence-electron chi connectivity index (χ4n) is 0.754. The number of esters is 1. The summed E-state index contributed by atoms with van der Waals surface area (Å²) in [7, 11) is 0. The van der Waals surface area contributed by atoms with Crippen LogP contribution in [0.15, 0.2) is 18.5 Å². The van der Waals surface area contributed by atoms with Crippen molar-refractivity contribution in [3.63, 3.8) is 0 Å². The second-order valence-electron chi connectivity index (χ2n) is 2.23. The number of halogens is 1. The first-order chi connectivity index (χ1) is 6.33. The predicted molar refractivity (Wildman–Crippen MR) is 54.4 cm³/mol. The Morgan fingerprint density at radius 2 is 2.14 bits per heavy atom. The summed E-state index contributed by atoms with van der Waals surface area (Å²) in [6, 6.07) is 1.70. The standard InChI is InChI=1S/C8H11N3O2.ClH/c1-2-13-7(12)6-11-8-9-4-3-5-10-8;/h3-5H,2,6H2,1H3,(H,9,10,11);1H. The first-order valence-corrected chi connectivity index (χ1v) is 3.99. The van der Waals surface area contributed by atoms with Crippen molar-refractivity contribution < 1.29 is 9.53 Å². The zero-order valence-corrected chi connectivity index (χ0v) is 8.58. The van der Waals surface area contributed by atoms with Crippen LogP contribution in [-0.4, -0.2) is 29.1 Å². The van der Waals surface area contributed by atoms with E-state index in [2.05, 4.69) is 15.3 Å². The summed E-state index contributed by atoms with van der Waals surface area (Å²) >= 11 is 0. The zero-order chi connectivity index (χ0) is 9.52. The highest BCUT2D eigenvalue weighted by molar-refractivity contribution is 5.85. The van der Waals surface area contributed by atoms with Crippen molar-refractivity contribution in [2.45, 2.75) is 6.92 Å². The molecule has 5 nitrogen and oxygen atoms in total. The van der Waals surface area contributed by atoms with Gasteiger partial charge in [0.05, 0.1) is 6.61 Å². The highest BCUT2D eigenvalue weighted by Gasteiger charge is 2.00. The number of carbonyl (C=O) groups excluding carboxylic acids is 1. The average Bonchev–Trinajstić information content (AvgIpc) is 2.17. The first kappa shape index (κ1) is 12.6. The molecule has 0 fully saturated rings. The molecule has 0 aliphatic carbocycles. The Morgan fingerprint density at radius 1 is 1.50 bits per heavy atom. The molecule has 1 rings (SSSR count). The Balaban J connectivity index is 0.00000169. The first-order valence-electron chi connectivity index (χ1n) is 3.99. The maximum atomic E-state index is 10.9. The molecule has 0 atom stereocenters. The number of anilines is 1. The third-order valence-corrected chi connectivity index (χ3v) is 1.26. The lowest BCUT2D eigenvalue weighted by molar-refractivity contribution is -0.140. The van der Waals surface area contributed by atoms with Crippen molar-refractivity contribution in [2.24, 2.45) is 0 Å². The molecule has 78 valence electrons. The topological polar surface area (TPSA) is 64.1 Å². The van der Waals surface area contributed by atoms with E-state index in [1.807, 2.05) is 0 Å². The summed E-state index contributed by atoms with van der Waals surface area (Å²) in [5.74, 6) is 0.116. The summed E-state index contributed by atoms with van der Waals surface area (Å²) in [6.07, 6.45) is 3.20. The fraction of sp³-hybridized carbons (Fsp3) is 0.375. The van der Waals surface area contributed by atoms with Gasteiger partial charge >= 0.3 is 5.97 Å². The van der Waals surface area contributed by atoms with Gasteiger partial charge in [-0.3, -0.25) is 4.79 Å². The third kappa shape index (κ3) is 4.61. The molecule has 0 aromatic carbocycles. The van der Waals surface area contributed by atoms with Gasteiger partial charge in [0.25, 0.3) is 0 Å². The number of carbonyl (C=O) groups is 1. The van der Waals surface area contributed by atoms with Gasteiger partial charge in [-0.25, -0.2) is 9.97 Å². The van der Waals surface area contributed by atoms with E-state index < -0.39 is 0 Å². The molecular formula is C8H12ClN3O2. The maximum absolute atomic E-state index is 10.9.